The molecule has 5 heteroatoms. The van der Waals surface area contributed by atoms with E-state index in [4.69, 9.17) is 0 Å². The van der Waals surface area contributed by atoms with Crippen molar-refractivity contribution in [2.24, 2.45) is 0 Å². The molecule has 2 heterocycles. The Hall–Kier alpha value is -0.550. The Bertz CT molecular complexity index is 502. The fraction of sp³-hybridized carbons (Fsp3) is 0.714. The van der Waals surface area contributed by atoms with Gasteiger partial charge >= 0.3 is 6.18 Å². The maximum Gasteiger partial charge on any atom is 0.397 e. The topological polar surface area (TPSA) is 12.0 Å². The van der Waals surface area contributed by atoms with Crippen LogP contribution in [-0.2, 0) is 18.3 Å². The van der Waals surface area contributed by atoms with Gasteiger partial charge < -0.3 is 5.32 Å². The molecular formula is C14H18F3NS. The van der Waals surface area contributed by atoms with E-state index in [0.29, 0.717) is 11.4 Å². The number of hydrogen-bond donors (Lipinski definition) is 1. The zero-order valence-corrected chi connectivity index (χ0v) is 12.0. The summed E-state index contributed by atoms with van der Waals surface area (Å²) >= 11 is 1.42. The number of nitrogens with one attached hydrogen (secondary N) is 1. The summed E-state index contributed by atoms with van der Waals surface area (Å²) in [6.07, 6.45) is -1.41. The summed E-state index contributed by atoms with van der Waals surface area (Å²) in [6.45, 7) is 4.99. The van der Waals surface area contributed by atoms with E-state index in [9.17, 15) is 13.2 Å². The lowest BCUT2D eigenvalue weighted by Gasteiger charge is -2.22. The molecule has 0 aromatic carbocycles. The molecule has 1 aromatic rings. The smallest absolute Gasteiger partial charge is 0.315 e. The van der Waals surface area contributed by atoms with Crippen LogP contribution in [0.3, 0.4) is 0 Å². The maximum absolute atomic E-state index is 13.2. The number of fused-ring (bicyclic) bond motifs is 3. The zero-order chi connectivity index (χ0) is 13.8. The van der Waals surface area contributed by atoms with Crippen molar-refractivity contribution in [3.63, 3.8) is 0 Å². The standard InChI is InChI=1S/C14H18F3NS/c1-13(2)5-3-10-11(13)8-4-6-18-7-9(12(8)19-10)14(15,16)17/h9,18H,3-7H2,1-2H3/t9-/m0/s1. The van der Waals surface area contributed by atoms with E-state index in [1.165, 1.54) is 21.8 Å². The fourth-order valence-corrected chi connectivity index (χ4v) is 5.05. The van der Waals surface area contributed by atoms with Crippen molar-refractivity contribution in [3.8, 4) is 0 Å². The quantitative estimate of drug-likeness (QED) is 0.767. The Morgan fingerprint density at radius 2 is 2.00 bits per heavy atom. The van der Waals surface area contributed by atoms with Gasteiger partial charge in [-0.2, -0.15) is 13.2 Å². The number of halogens is 3. The van der Waals surface area contributed by atoms with Crippen molar-refractivity contribution in [2.75, 3.05) is 13.1 Å². The highest BCUT2D eigenvalue weighted by atomic mass is 32.1. The molecule has 0 saturated heterocycles. The van der Waals surface area contributed by atoms with E-state index in [-0.39, 0.29) is 12.0 Å². The minimum atomic E-state index is -4.14. The third-order valence-electron chi connectivity index (χ3n) is 4.38. The predicted molar refractivity (Wildman–Crippen MR) is 71.0 cm³/mol. The first-order valence-corrected chi connectivity index (χ1v) is 7.55. The van der Waals surface area contributed by atoms with Gasteiger partial charge in [0.15, 0.2) is 0 Å². The lowest BCUT2D eigenvalue weighted by Crippen LogP contribution is -2.30. The summed E-state index contributed by atoms with van der Waals surface area (Å²) in [5.41, 5.74) is 2.26. The summed E-state index contributed by atoms with van der Waals surface area (Å²) in [5.74, 6) is -1.32. The van der Waals surface area contributed by atoms with Gasteiger partial charge in [0, 0.05) is 16.3 Å². The summed E-state index contributed by atoms with van der Waals surface area (Å²) < 4.78 is 39.7. The SMILES string of the molecule is CC1(C)CCc2sc3c(c21)CCNC[C@@H]3C(F)(F)F. The second-order valence-corrected chi connectivity index (χ2v) is 7.31. The minimum absolute atomic E-state index is 0.0241. The van der Waals surface area contributed by atoms with Gasteiger partial charge in [-0.05, 0) is 42.3 Å². The molecule has 1 atom stereocenters. The molecule has 3 rings (SSSR count). The van der Waals surface area contributed by atoms with Gasteiger partial charge in [0.1, 0.15) is 5.92 Å². The highest BCUT2D eigenvalue weighted by Crippen LogP contribution is 2.50. The first-order chi connectivity index (χ1) is 8.81. The lowest BCUT2D eigenvalue weighted by molar-refractivity contribution is -0.148. The molecule has 1 aliphatic carbocycles. The van der Waals surface area contributed by atoms with Gasteiger partial charge in [-0.3, -0.25) is 0 Å². The van der Waals surface area contributed by atoms with Gasteiger partial charge in [0.05, 0.1) is 0 Å². The largest absolute Gasteiger partial charge is 0.397 e. The van der Waals surface area contributed by atoms with Crippen LogP contribution in [0, 0.1) is 0 Å². The van der Waals surface area contributed by atoms with Crippen LogP contribution in [-0.4, -0.2) is 19.3 Å². The van der Waals surface area contributed by atoms with E-state index in [1.54, 1.807) is 0 Å². The van der Waals surface area contributed by atoms with Gasteiger partial charge in [-0.15, -0.1) is 11.3 Å². The molecule has 0 saturated carbocycles. The normalized spacial score (nSPS) is 25.8. The maximum atomic E-state index is 13.2. The molecular weight excluding hydrogens is 271 g/mol. The Morgan fingerprint density at radius 1 is 1.26 bits per heavy atom. The van der Waals surface area contributed by atoms with Crippen molar-refractivity contribution in [3.05, 3.63) is 20.9 Å². The fourth-order valence-electron chi connectivity index (χ4n) is 3.40. The van der Waals surface area contributed by atoms with Crippen LogP contribution in [0.2, 0.25) is 0 Å². The van der Waals surface area contributed by atoms with Crippen LogP contribution in [0.15, 0.2) is 0 Å². The molecule has 1 N–H and O–H groups in total. The molecule has 1 aromatic heterocycles. The van der Waals surface area contributed by atoms with Crippen molar-refractivity contribution < 1.29 is 13.2 Å². The monoisotopic (exact) mass is 289 g/mol. The molecule has 0 fully saturated rings. The Kier molecular flexibility index (Phi) is 2.98. The predicted octanol–water partition coefficient (Wildman–Crippen LogP) is 3.76. The molecule has 0 unspecified atom stereocenters. The number of alkyl halides is 3. The van der Waals surface area contributed by atoms with Crippen molar-refractivity contribution in [2.45, 2.75) is 50.6 Å². The Labute approximate surface area is 115 Å². The van der Waals surface area contributed by atoms with E-state index < -0.39 is 12.1 Å². The Morgan fingerprint density at radius 3 is 2.68 bits per heavy atom. The summed E-state index contributed by atoms with van der Waals surface area (Å²) in [4.78, 5) is 1.78. The highest BCUT2D eigenvalue weighted by Gasteiger charge is 2.46. The zero-order valence-electron chi connectivity index (χ0n) is 11.2. The van der Waals surface area contributed by atoms with Gasteiger partial charge in [-0.25, -0.2) is 0 Å². The number of thiophene rings is 1. The summed E-state index contributed by atoms with van der Waals surface area (Å²) in [6, 6.07) is 0. The first kappa shape index (κ1) is 13.4. The number of hydrogen-bond acceptors (Lipinski definition) is 2. The minimum Gasteiger partial charge on any atom is -0.315 e. The second-order valence-electron chi connectivity index (χ2n) is 6.18. The third kappa shape index (κ3) is 2.11. The average Bonchev–Trinajstić information content (AvgIpc) is 2.69. The van der Waals surface area contributed by atoms with Crippen LogP contribution < -0.4 is 5.32 Å². The highest BCUT2D eigenvalue weighted by molar-refractivity contribution is 7.12. The van der Waals surface area contributed by atoms with Crippen LogP contribution in [0.5, 0.6) is 0 Å². The summed E-state index contributed by atoms with van der Waals surface area (Å²) in [5, 5.41) is 2.94. The van der Waals surface area contributed by atoms with E-state index in [1.807, 2.05) is 0 Å². The molecule has 106 valence electrons. The molecule has 19 heavy (non-hydrogen) atoms. The van der Waals surface area contributed by atoms with E-state index in [2.05, 4.69) is 19.2 Å². The molecule has 0 radical (unpaired) electrons. The molecule has 1 nitrogen and oxygen atoms in total. The number of rotatable bonds is 0. The van der Waals surface area contributed by atoms with Crippen molar-refractivity contribution in [1.29, 1.82) is 0 Å². The van der Waals surface area contributed by atoms with Gasteiger partial charge in [-0.1, -0.05) is 13.8 Å². The number of aryl methyl sites for hydroxylation is 1. The second kappa shape index (κ2) is 4.22. The van der Waals surface area contributed by atoms with Crippen LogP contribution in [0.25, 0.3) is 0 Å². The van der Waals surface area contributed by atoms with Crippen LogP contribution in [0.1, 0.15) is 47.1 Å². The van der Waals surface area contributed by atoms with E-state index >= 15 is 0 Å². The van der Waals surface area contributed by atoms with Gasteiger partial charge in [0.2, 0.25) is 0 Å². The first-order valence-electron chi connectivity index (χ1n) is 6.73. The molecule has 0 bridgehead atoms. The average molecular weight is 289 g/mol. The third-order valence-corrected chi connectivity index (χ3v) is 5.78. The summed E-state index contributed by atoms with van der Waals surface area (Å²) in [7, 11) is 0. The van der Waals surface area contributed by atoms with Gasteiger partial charge in [0.25, 0.3) is 0 Å². The van der Waals surface area contributed by atoms with Crippen molar-refractivity contribution in [1.82, 2.24) is 5.32 Å². The lowest BCUT2D eigenvalue weighted by atomic mass is 9.83. The van der Waals surface area contributed by atoms with Crippen LogP contribution >= 0.6 is 11.3 Å². The molecule has 2 aliphatic rings. The van der Waals surface area contributed by atoms with Crippen molar-refractivity contribution >= 4 is 11.3 Å². The Balaban J connectivity index is 2.13. The molecule has 0 spiro atoms. The molecule has 1 aliphatic heterocycles. The van der Waals surface area contributed by atoms with E-state index in [0.717, 1.165) is 24.8 Å². The van der Waals surface area contributed by atoms with Crippen LogP contribution in [0.4, 0.5) is 13.2 Å². The molecule has 0 amide bonds.